The van der Waals surface area contributed by atoms with Gasteiger partial charge in [-0.05, 0) is 31.5 Å². The van der Waals surface area contributed by atoms with Gasteiger partial charge in [-0.1, -0.05) is 36.3 Å². The Hall–Kier alpha value is -3.21. The van der Waals surface area contributed by atoms with Crippen molar-refractivity contribution in [2.75, 3.05) is 6.61 Å². The number of fused-ring (bicyclic) bond motifs is 1. The van der Waals surface area contributed by atoms with Gasteiger partial charge in [-0.2, -0.15) is 0 Å². The summed E-state index contributed by atoms with van der Waals surface area (Å²) in [5, 5.41) is 11.3. The fourth-order valence-corrected chi connectivity index (χ4v) is 2.63. The summed E-state index contributed by atoms with van der Waals surface area (Å²) < 4.78 is 7.61. The predicted octanol–water partition coefficient (Wildman–Crippen LogP) is 1.82. The third-order valence-corrected chi connectivity index (χ3v) is 4.19. The van der Waals surface area contributed by atoms with Crippen molar-refractivity contribution in [1.82, 2.24) is 19.9 Å². The molecule has 0 spiro atoms. The van der Waals surface area contributed by atoms with Crippen molar-refractivity contribution in [3.8, 4) is 12.3 Å². The highest BCUT2D eigenvalue weighted by Gasteiger charge is 2.28. The Labute approximate surface area is 163 Å². The lowest BCUT2D eigenvalue weighted by Crippen LogP contribution is -2.50. The monoisotopic (exact) mass is 377 g/mol. The maximum absolute atomic E-state index is 12.5. The molecule has 28 heavy (non-hydrogen) atoms. The van der Waals surface area contributed by atoms with Gasteiger partial charge in [0, 0.05) is 11.8 Å². The van der Waals surface area contributed by atoms with E-state index in [9.17, 15) is 4.79 Å². The highest BCUT2D eigenvalue weighted by atomic mass is 16.5. The molecule has 2 heterocycles. The number of terminal acetylenes is 1. The molecular weight excluding hydrogens is 354 g/mol. The number of carbonyl (C=O) groups is 1. The first-order chi connectivity index (χ1) is 13.4. The molecule has 0 saturated heterocycles. The van der Waals surface area contributed by atoms with E-state index in [2.05, 4.69) is 21.4 Å². The number of nitrogens with one attached hydrogen (secondary N) is 1. The summed E-state index contributed by atoms with van der Waals surface area (Å²) >= 11 is 0. The fourth-order valence-electron chi connectivity index (χ4n) is 2.63. The molecular formula is C21H23N5O2. The summed E-state index contributed by atoms with van der Waals surface area (Å²) in [7, 11) is 0. The maximum Gasteiger partial charge on any atom is 0.240 e. The van der Waals surface area contributed by atoms with Crippen LogP contribution in [0.1, 0.15) is 36.8 Å². The molecule has 0 radical (unpaired) electrons. The third kappa shape index (κ3) is 4.55. The average molecular weight is 377 g/mol. The summed E-state index contributed by atoms with van der Waals surface area (Å²) in [5.41, 5.74) is 7.24. The van der Waals surface area contributed by atoms with Gasteiger partial charge in [0.25, 0.3) is 0 Å². The van der Waals surface area contributed by atoms with E-state index in [1.807, 2.05) is 30.3 Å². The number of benzene rings is 1. The lowest BCUT2D eigenvalue weighted by molar-refractivity contribution is -0.126. The minimum absolute atomic E-state index is 0.206. The number of ether oxygens (including phenoxy) is 1. The SMILES string of the molecule is C#Cc1ccc2nnc([C@@H](COCc3ccccc3)NC(=O)C(C)(C)N)n2c1. The van der Waals surface area contributed by atoms with E-state index in [4.69, 9.17) is 16.9 Å². The average Bonchev–Trinajstić information content (AvgIpc) is 3.10. The molecule has 0 bridgehead atoms. The Morgan fingerprint density at radius 2 is 2.04 bits per heavy atom. The number of carbonyl (C=O) groups excluding carboxylic acids is 1. The molecule has 0 aliphatic rings. The van der Waals surface area contributed by atoms with Gasteiger partial charge in [0.05, 0.1) is 18.8 Å². The Morgan fingerprint density at radius 3 is 2.71 bits per heavy atom. The van der Waals surface area contributed by atoms with E-state index in [-0.39, 0.29) is 12.5 Å². The van der Waals surface area contributed by atoms with Crippen LogP contribution in [0.2, 0.25) is 0 Å². The molecule has 3 rings (SSSR count). The van der Waals surface area contributed by atoms with Gasteiger partial charge in [-0.25, -0.2) is 0 Å². The number of rotatable bonds is 7. The van der Waals surface area contributed by atoms with Crippen LogP contribution in [0.5, 0.6) is 0 Å². The second-order valence-electron chi connectivity index (χ2n) is 7.10. The molecule has 7 nitrogen and oxygen atoms in total. The van der Waals surface area contributed by atoms with Crippen molar-refractivity contribution in [2.24, 2.45) is 5.73 Å². The molecule has 2 aromatic heterocycles. The van der Waals surface area contributed by atoms with Crippen LogP contribution in [0.25, 0.3) is 5.65 Å². The van der Waals surface area contributed by atoms with Crippen LogP contribution in [0.4, 0.5) is 0 Å². The largest absolute Gasteiger partial charge is 0.374 e. The number of hydrogen-bond donors (Lipinski definition) is 2. The molecule has 3 aromatic rings. The Kier molecular flexibility index (Phi) is 5.73. The lowest BCUT2D eigenvalue weighted by atomic mass is 10.1. The van der Waals surface area contributed by atoms with E-state index < -0.39 is 11.6 Å². The van der Waals surface area contributed by atoms with Crippen molar-refractivity contribution >= 4 is 11.6 Å². The fraction of sp³-hybridized carbons (Fsp3) is 0.286. The maximum atomic E-state index is 12.5. The van der Waals surface area contributed by atoms with E-state index in [0.29, 0.717) is 23.6 Å². The third-order valence-electron chi connectivity index (χ3n) is 4.19. The number of hydrogen-bond acceptors (Lipinski definition) is 5. The summed E-state index contributed by atoms with van der Waals surface area (Å²) in [6.45, 7) is 3.90. The molecule has 144 valence electrons. The second kappa shape index (κ2) is 8.21. The van der Waals surface area contributed by atoms with Crippen molar-refractivity contribution in [1.29, 1.82) is 0 Å². The number of aromatic nitrogens is 3. The van der Waals surface area contributed by atoms with E-state index >= 15 is 0 Å². The number of nitrogens with two attached hydrogens (primary N) is 1. The molecule has 0 unspecified atom stereocenters. The van der Waals surface area contributed by atoms with Crippen LogP contribution in [0, 0.1) is 12.3 Å². The van der Waals surface area contributed by atoms with Crippen LogP contribution in [0.15, 0.2) is 48.7 Å². The smallest absolute Gasteiger partial charge is 0.240 e. The van der Waals surface area contributed by atoms with E-state index in [1.54, 1.807) is 36.6 Å². The highest BCUT2D eigenvalue weighted by molar-refractivity contribution is 5.85. The Balaban J connectivity index is 1.85. The van der Waals surface area contributed by atoms with Crippen molar-refractivity contribution in [3.63, 3.8) is 0 Å². The van der Waals surface area contributed by atoms with Gasteiger partial charge in [0.1, 0.15) is 6.04 Å². The minimum atomic E-state index is -1.04. The topological polar surface area (TPSA) is 94.5 Å². The molecule has 1 atom stereocenters. The van der Waals surface area contributed by atoms with Crippen molar-refractivity contribution in [3.05, 3.63) is 65.6 Å². The lowest BCUT2D eigenvalue weighted by Gasteiger charge is -2.23. The normalized spacial score (nSPS) is 12.5. The first-order valence-corrected chi connectivity index (χ1v) is 8.91. The van der Waals surface area contributed by atoms with Crippen molar-refractivity contribution < 1.29 is 9.53 Å². The standard InChI is InChI=1S/C21H23N5O2/c1-4-15-10-11-18-24-25-19(26(18)12-15)17(23-20(27)21(2,3)22)14-28-13-16-8-6-5-7-9-16/h1,5-12,17H,13-14,22H2,2-3H3,(H,23,27)/t17-/m1/s1. The summed E-state index contributed by atoms with van der Waals surface area (Å²) in [6.07, 6.45) is 7.26. The molecule has 7 heteroatoms. The Morgan fingerprint density at radius 1 is 1.29 bits per heavy atom. The molecule has 1 amide bonds. The van der Waals surface area contributed by atoms with Gasteiger partial charge >= 0.3 is 0 Å². The summed E-state index contributed by atoms with van der Waals surface area (Å²) in [6, 6.07) is 12.8. The molecule has 3 N–H and O–H groups in total. The van der Waals surface area contributed by atoms with Crippen molar-refractivity contribution in [2.45, 2.75) is 32.0 Å². The molecule has 0 aliphatic carbocycles. The van der Waals surface area contributed by atoms with Crippen LogP contribution >= 0.6 is 0 Å². The number of pyridine rings is 1. The zero-order valence-corrected chi connectivity index (χ0v) is 15.9. The Bertz CT molecular complexity index is 999. The minimum Gasteiger partial charge on any atom is -0.374 e. The quantitative estimate of drug-likeness (QED) is 0.613. The zero-order chi connectivity index (χ0) is 20.1. The predicted molar refractivity (Wildman–Crippen MR) is 106 cm³/mol. The molecule has 0 aliphatic heterocycles. The number of amides is 1. The van der Waals surface area contributed by atoms with Gasteiger partial charge in [-0.15, -0.1) is 16.6 Å². The van der Waals surface area contributed by atoms with Gasteiger partial charge < -0.3 is 15.8 Å². The van der Waals surface area contributed by atoms with Gasteiger partial charge in [0.2, 0.25) is 5.91 Å². The van der Waals surface area contributed by atoms with Gasteiger partial charge in [0.15, 0.2) is 11.5 Å². The summed E-state index contributed by atoms with van der Waals surface area (Å²) in [5.74, 6) is 2.80. The number of nitrogens with zero attached hydrogens (tertiary/aromatic N) is 3. The van der Waals surface area contributed by atoms with Gasteiger partial charge in [-0.3, -0.25) is 9.20 Å². The molecule has 1 aromatic carbocycles. The second-order valence-corrected chi connectivity index (χ2v) is 7.10. The van der Waals surface area contributed by atoms with E-state index in [1.165, 1.54) is 0 Å². The highest BCUT2D eigenvalue weighted by Crippen LogP contribution is 2.16. The molecule has 0 fully saturated rings. The van der Waals surface area contributed by atoms with Crippen LogP contribution < -0.4 is 11.1 Å². The molecule has 0 saturated carbocycles. The zero-order valence-electron chi connectivity index (χ0n) is 15.9. The van der Waals surface area contributed by atoms with Crippen LogP contribution in [-0.2, 0) is 16.1 Å². The van der Waals surface area contributed by atoms with E-state index in [0.717, 1.165) is 5.56 Å². The first kappa shape index (κ1) is 19.5. The summed E-state index contributed by atoms with van der Waals surface area (Å²) in [4.78, 5) is 12.5. The van der Waals surface area contributed by atoms with Crippen LogP contribution in [0.3, 0.4) is 0 Å². The van der Waals surface area contributed by atoms with Crippen LogP contribution in [-0.4, -0.2) is 32.7 Å². The first-order valence-electron chi connectivity index (χ1n) is 8.91.